The molecule has 6 heteroatoms. The number of likely N-dealkylation sites (tertiary alicyclic amines) is 2. The van der Waals surface area contributed by atoms with Gasteiger partial charge in [0, 0.05) is 44.1 Å². The van der Waals surface area contributed by atoms with Gasteiger partial charge in [-0.05, 0) is 63.5 Å². The van der Waals surface area contributed by atoms with Gasteiger partial charge in [0.2, 0.25) is 11.8 Å². The first kappa shape index (κ1) is 21.1. The average molecular weight is 406 g/mol. The van der Waals surface area contributed by atoms with E-state index in [0.29, 0.717) is 36.5 Å². The lowest BCUT2D eigenvalue weighted by atomic mass is 9.92. The summed E-state index contributed by atoms with van der Waals surface area (Å²) in [6.45, 7) is 11.2. The second-order valence-corrected chi connectivity index (χ2v) is 9.63. The second-order valence-electron chi connectivity index (χ2n) is 9.63. The first-order chi connectivity index (χ1) is 14.1. The molecule has 3 heterocycles. The predicted molar refractivity (Wildman–Crippen MR) is 112 cm³/mol. The van der Waals surface area contributed by atoms with Crippen LogP contribution in [0.25, 0.3) is 0 Å². The molecule has 2 amide bonds. The van der Waals surface area contributed by atoms with Crippen LogP contribution < -0.4 is 0 Å². The van der Waals surface area contributed by atoms with E-state index >= 15 is 0 Å². The van der Waals surface area contributed by atoms with E-state index in [1.54, 1.807) is 0 Å². The standard InChI is InChI=1S/C23H39N3O3/c1-3-23(4-2)17-20(23)22(28)25-11-7-19(8-12-25)24-9-5-18(6-10-24)21(27)26-13-15-29-16-14-26/h18-20H,3-17H2,1-2H3. The number of carbonyl (C=O) groups is 2. The molecular formula is C23H39N3O3. The molecule has 0 aromatic rings. The number of piperidine rings is 2. The molecule has 0 spiro atoms. The number of rotatable bonds is 5. The number of carbonyl (C=O) groups excluding carboxylic acids is 2. The molecule has 0 radical (unpaired) electrons. The number of hydrogen-bond acceptors (Lipinski definition) is 4. The van der Waals surface area contributed by atoms with Crippen LogP contribution in [-0.2, 0) is 14.3 Å². The van der Waals surface area contributed by atoms with E-state index in [1.165, 1.54) is 0 Å². The third-order valence-electron chi connectivity index (χ3n) is 8.39. The number of hydrogen-bond donors (Lipinski definition) is 0. The zero-order chi connectivity index (χ0) is 20.4. The molecule has 0 N–H and O–H groups in total. The molecule has 1 atom stereocenters. The first-order valence-electron chi connectivity index (χ1n) is 12.0. The van der Waals surface area contributed by atoms with Crippen molar-refractivity contribution in [1.82, 2.24) is 14.7 Å². The van der Waals surface area contributed by atoms with Gasteiger partial charge in [0.25, 0.3) is 0 Å². The Morgan fingerprint density at radius 2 is 1.41 bits per heavy atom. The second kappa shape index (κ2) is 8.93. The van der Waals surface area contributed by atoms with E-state index in [1.807, 2.05) is 4.90 Å². The van der Waals surface area contributed by atoms with Gasteiger partial charge in [-0.15, -0.1) is 0 Å². The lowest BCUT2D eigenvalue weighted by molar-refractivity contribution is -0.142. The van der Waals surface area contributed by atoms with Crippen molar-refractivity contribution >= 4 is 11.8 Å². The highest BCUT2D eigenvalue weighted by Crippen LogP contribution is 2.58. The van der Waals surface area contributed by atoms with Crippen molar-refractivity contribution in [3.8, 4) is 0 Å². The fraction of sp³-hybridized carbons (Fsp3) is 0.913. The Morgan fingerprint density at radius 1 is 0.828 bits per heavy atom. The topological polar surface area (TPSA) is 53.1 Å². The highest BCUT2D eigenvalue weighted by molar-refractivity contribution is 5.82. The Morgan fingerprint density at radius 3 is 1.97 bits per heavy atom. The van der Waals surface area contributed by atoms with Crippen LogP contribution in [0.15, 0.2) is 0 Å². The van der Waals surface area contributed by atoms with Crippen molar-refractivity contribution in [3.63, 3.8) is 0 Å². The fourth-order valence-corrected chi connectivity index (χ4v) is 5.95. The van der Waals surface area contributed by atoms with E-state index in [0.717, 1.165) is 84.2 Å². The third kappa shape index (κ3) is 4.34. The minimum Gasteiger partial charge on any atom is -0.378 e. The molecule has 3 saturated heterocycles. The lowest BCUT2D eigenvalue weighted by Crippen LogP contribution is -2.51. The van der Waals surface area contributed by atoms with Crippen LogP contribution in [0.5, 0.6) is 0 Å². The van der Waals surface area contributed by atoms with Crippen LogP contribution in [0.3, 0.4) is 0 Å². The van der Waals surface area contributed by atoms with Gasteiger partial charge in [-0.2, -0.15) is 0 Å². The fourth-order valence-electron chi connectivity index (χ4n) is 5.95. The summed E-state index contributed by atoms with van der Waals surface area (Å²) < 4.78 is 5.37. The molecule has 1 aliphatic carbocycles. The van der Waals surface area contributed by atoms with Gasteiger partial charge in [-0.3, -0.25) is 9.59 Å². The third-order valence-corrected chi connectivity index (χ3v) is 8.39. The summed E-state index contributed by atoms with van der Waals surface area (Å²) >= 11 is 0. The molecule has 4 fully saturated rings. The molecule has 29 heavy (non-hydrogen) atoms. The van der Waals surface area contributed by atoms with Gasteiger partial charge in [-0.1, -0.05) is 13.8 Å². The van der Waals surface area contributed by atoms with Gasteiger partial charge in [-0.25, -0.2) is 0 Å². The number of nitrogens with zero attached hydrogens (tertiary/aromatic N) is 3. The minimum absolute atomic E-state index is 0.192. The van der Waals surface area contributed by atoms with Crippen LogP contribution >= 0.6 is 0 Å². The Kier molecular flexibility index (Phi) is 6.50. The van der Waals surface area contributed by atoms with Crippen molar-refractivity contribution in [1.29, 1.82) is 0 Å². The maximum atomic E-state index is 12.9. The zero-order valence-corrected chi connectivity index (χ0v) is 18.4. The summed E-state index contributed by atoms with van der Waals surface area (Å²) in [4.78, 5) is 32.4. The molecule has 6 nitrogen and oxygen atoms in total. The molecule has 0 aromatic carbocycles. The highest BCUT2D eigenvalue weighted by Gasteiger charge is 2.56. The molecule has 1 saturated carbocycles. The number of amides is 2. The van der Waals surface area contributed by atoms with Crippen molar-refractivity contribution in [2.24, 2.45) is 17.3 Å². The van der Waals surface area contributed by atoms with Crippen LogP contribution in [0.1, 0.15) is 58.8 Å². The SMILES string of the molecule is CCC1(CC)CC1C(=O)N1CCC(N2CCC(C(=O)N3CCOCC3)CC2)CC1. The average Bonchev–Trinajstić information content (AvgIpc) is 3.54. The van der Waals surface area contributed by atoms with E-state index < -0.39 is 0 Å². The predicted octanol–water partition coefficient (Wildman–Crippen LogP) is 2.37. The maximum Gasteiger partial charge on any atom is 0.226 e. The number of ether oxygens (including phenoxy) is 1. The Labute approximate surface area is 175 Å². The summed E-state index contributed by atoms with van der Waals surface area (Å²) in [5.41, 5.74) is 0.308. The van der Waals surface area contributed by atoms with Crippen molar-refractivity contribution in [2.45, 2.75) is 64.8 Å². The summed E-state index contributed by atoms with van der Waals surface area (Å²) in [7, 11) is 0. The number of morpholine rings is 1. The van der Waals surface area contributed by atoms with Crippen molar-refractivity contribution in [2.75, 3.05) is 52.5 Å². The normalized spacial score (nSPS) is 29.1. The van der Waals surface area contributed by atoms with Crippen molar-refractivity contribution < 1.29 is 14.3 Å². The van der Waals surface area contributed by atoms with Crippen LogP contribution in [0.4, 0.5) is 0 Å². The van der Waals surface area contributed by atoms with Gasteiger partial charge in [0.05, 0.1) is 13.2 Å². The van der Waals surface area contributed by atoms with E-state index in [2.05, 4.69) is 23.6 Å². The van der Waals surface area contributed by atoms with Gasteiger partial charge >= 0.3 is 0 Å². The summed E-state index contributed by atoms with van der Waals surface area (Å²) in [6.07, 6.45) is 7.50. The van der Waals surface area contributed by atoms with Crippen LogP contribution in [0.2, 0.25) is 0 Å². The molecule has 4 rings (SSSR count). The van der Waals surface area contributed by atoms with Gasteiger partial charge < -0.3 is 19.4 Å². The summed E-state index contributed by atoms with van der Waals surface area (Å²) in [5, 5.41) is 0. The molecule has 0 aromatic heterocycles. The van der Waals surface area contributed by atoms with Crippen LogP contribution in [-0.4, -0.2) is 85.0 Å². The van der Waals surface area contributed by atoms with Gasteiger partial charge in [0.15, 0.2) is 0 Å². The zero-order valence-electron chi connectivity index (χ0n) is 18.4. The quantitative estimate of drug-likeness (QED) is 0.705. The van der Waals surface area contributed by atoms with E-state index in [-0.39, 0.29) is 11.8 Å². The Hall–Kier alpha value is -1.14. The van der Waals surface area contributed by atoms with Gasteiger partial charge in [0.1, 0.15) is 0 Å². The highest BCUT2D eigenvalue weighted by atomic mass is 16.5. The first-order valence-corrected chi connectivity index (χ1v) is 12.0. The summed E-state index contributed by atoms with van der Waals surface area (Å²) in [5.74, 6) is 1.24. The largest absolute Gasteiger partial charge is 0.378 e. The Balaban J connectivity index is 1.20. The minimum atomic E-state index is 0.192. The molecular weight excluding hydrogens is 366 g/mol. The molecule has 0 bridgehead atoms. The maximum absolute atomic E-state index is 12.9. The smallest absolute Gasteiger partial charge is 0.226 e. The van der Waals surface area contributed by atoms with Crippen LogP contribution in [0, 0.1) is 17.3 Å². The van der Waals surface area contributed by atoms with Crippen molar-refractivity contribution in [3.05, 3.63) is 0 Å². The molecule has 164 valence electrons. The molecule has 1 unspecified atom stereocenters. The summed E-state index contributed by atoms with van der Waals surface area (Å²) in [6, 6.07) is 0.583. The lowest BCUT2D eigenvalue weighted by Gasteiger charge is -2.42. The molecule has 3 aliphatic heterocycles. The molecule has 4 aliphatic rings. The monoisotopic (exact) mass is 405 g/mol. The Bertz CT molecular complexity index is 584. The van der Waals surface area contributed by atoms with E-state index in [4.69, 9.17) is 4.74 Å². The van der Waals surface area contributed by atoms with E-state index in [9.17, 15) is 9.59 Å².